The predicted molar refractivity (Wildman–Crippen MR) is 160 cm³/mol. The molecule has 224 valence electrons. The Hall–Kier alpha value is -1.90. The van der Waals surface area contributed by atoms with E-state index >= 15 is 0 Å². The lowest BCUT2D eigenvalue weighted by Crippen LogP contribution is -2.46. The van der Waals surface area contributed by atoms with Crippen LogP contribution in [0.3, 0.4) is 0 Å². The molecule has 1 rings (SSSR count). The van der Waals surface area contributed by atoms with Gasteiger partial charge in [0.1, 0.15) is 18.2 Å². The van der Waals surface area contributed by atoms with Crippen LogP contribution in [0, 0.1) is 30.1 Å². The van der Waals surface area contributed by atoms with Crippen LogP contribution in [0.25, 0.3) is 6.08 Å². The number of carbonyl (C=O) groups is 3. The highest BCUT2D eigenvalue weighted by Crippen LogP contribution is 2.33. The topological polar surface area (TPSA) is 103 Å². The van der Waals surface area contributed by atoms with Crippen LogP contribution in [-0.2, 0) is 23.9 Å². The third-order valence-corrected chi connectivity index (χ3v) is 7.98. The summed E-state index contributed by atoms with van der Waals surface area (Å²) in [6, 6.07) is 0. The molecule has 7 nitrogen and oxygen atoms in total. The van der Waals surface area contributed by atoms with Crippen LogP contribution in [0.2, 0.25) is 0 Å². The van der Waals surface area contributed by atoms with E-state index in [2.05, 4.69) is 17.3 Å². The summed E-state index contributed by atoms with van der Waals surface area (Å²) in [5.41, 5.74) is -0.0210. The molecular formula is C31H53NO6S. The van der Waals surface area contributed by atoms with E-state index in [1.165, 1.54) is 0 Å². The maximum absolute atomic E-state index is 13.1. The first-order valence-electron chi connectivity index (χ1n) is 14.2. The van der Waals surface area contributed by atoms with E-state index in [-0.39, 0.29) is 30.5 Å². The number of hydrogen-bond donors (Lipinski definition) is 1. The number of Topliss-reactive ketones (excluding diaryl/α,β-unsaturated/α-hetero) is 1. The quantitative estimate of drug-likeness (QED) is 0.118. The molecular weight excluding hydrogens is 514 g/mol. The van der Waals surface area contributed by atoms with Gasteiger partial charge in [0.05, 0.1) is 28.1 Å². The molecule has 4 unspecified atom stereocenters. The number of esters is 1. The van der Waals surface area contributed by atoms with Crippen molar-refractivity contribution in [2.45, 2.75) is 113 Å². The van der Waals surface area contributed by atoms with E-state index < -0.39 is 23.5 Å². The molecule has 1 N–H and O–H groups in total. The van der Waals surface area contributed by atoms with Gasteiger partial charge in [-0.2, -0.15) is 0 Å². The molecule has 0 saturated carbocycles. The Morgan fingerprint density at radius 1 is 1.15 bits per heavy atom. The number of aryl methyl sites for hydroxylation is 1. The van der Waals surface area contributed by atoms with E-state index in [1.54, 1.807) is 46.1 Å². The highest BCUT2D eigenvalue weighted by Gasteiger charge is 2.42. The third kappa shape index (κ3) is 14.3. The monoisotopic (exact) mass is 567 g/mol. The second kappa shape index (κ2) is 20.0. The van der Waals surface area contributed by atoms with Crippen molar-refractivity contribution in [1.29, 1.82) is 0 Å². The first-order chi connectivity index (χ1) is 18.3. The average molecular weight is 568 g/mol. The Kier molecular flexibility index (Phi) is 19.1. The molecule has 1 heterocycles. The molecule has 0 aliphatic carbocycles. The number of ether oxygens (including phenoxy) is 2. The molecule has 5 atom stereocenters. The molecule has 0 radical (unpaired) electrons. The van der Waals surface area contributed by atoms with Gasteiger partial charge in [0.15, 0.2) is 0 Å². The summed E-state index contributed by atoms with van der Waals surface area (Å²) in [7, 11) is 1.71. The smallest absolute Gasteiger partial charge is 0.305 e. The van der Waals surface area contributed by atoms with Gasteiger partial charge in [-0.05, 0) is 51.0 Å². The van der Waals surface area contributed by atoms with E-state index in [0.29, 0.717) is 12.2 Å². The number of hydrogen-bond acceptors (Lipinski definition) is 8. The Morgan fingerprint density at radius 3 is 2.31 bits per heavy atom. The zero-order valence-electron chi connectivity index (χ0n) is 25.7. The van der Waals surface area contributed by atoms with Crippen LogP contribution in [0.4, 0.5) is 0 Å². The van der Waals surface area contributed by atoms with Gasteiger partial charge < -0.3 is 19.4 Å². The van der Waals surface area contributed by atoms with Crippen molar-refractivity contribution < 1.29 is 29.0 Å². The summed E-state index contributed by atoms with van der Waals surface area (Å²) < 4.78 is 10.8. The highest BCUT2D eigenvalue weighted by atomic mass is 32.1. The van der Waals surface area contributed by atoms with Gasteiger partial charge in [-0.1, -0.05) is 60.5 Å². The lowest BCUT2D eigenvalue weighted by molar-refractivity contribution is -0.159. The number of aldehydes is 1. The van der Waals surface area contributed by atoms with Crippen molar-refractivity contribution in [3.05, 3.63) is 22.2 Å². The summed E-state index contributed by atoms with van der Waals surface area (Å²) in [4.78, 5) is 40.2. The van der Waals surface area contributed by atoms with Crippen molar-refractivity contribution in [3.63, 3.8) is 0 Å². The minimum atomic E-state index is -1.09. The third-order valence-electron chi connectivity index (χ3n) is 7.19. The fraction of sp³-hybridized carbons (Fsp3) is 0.742. The zero-order chi connectivity index (χ0) is 30.0. The van der Waals surface area contributed by atoms with Crippen molar-refractivity contribution in [2.75, 3.05) is 13.7 Å². The number of allylic oxidation sites excluding steroid dienone is 1. The number of ketones is 1. The number of methoxy groups -OCH3 is 1. The van der Waals surface area contributed by atoms with E-state index in [4.69, 9.17) is 9.47 Å². The predicted octanol–water partition coefficient (Wildman–Crippen LogP) is 6.84. The molecule has 8 heteroatoms. The normalized spacial score (nSPS) is 15.5. The Balaban J connectivity index is 0.00000134. The average Bonchev–Trinajstić information content (AvgIpc) is 3.31. The van der Waals surface area contributed by atoms with Gasteiger partial charge in [-0.25, -0.2) is 4.98 Å². The van der Waals surface area contributed by atoms with Gasteiger partial charge in [0.25, 0.3) is 0 Å². The maximum Gasteiger partial charge on any atom is 0.305 e. The van der Waals surface area contributed by atoms with Gasteiger partial charge in [-0.15, -0.1) is 11.3 Å². The second-order valence-corrected chi connectivity index (χ2v) is 12.1. The number of aliphatic hydroxyl groups is 1. The summed E-state index contributed by atoms with van der Waals surface area (Å²) in [6.07, 6.45) is 8.26. The molecule has 0 saturated heterocycles. The van der Waals surface area contributed by atoms with Crippen LogP contribution in [0.1, 0.15) is 104 Å². The van der Waals surface area contributed by atoms with Crippen LogP contribution in [0.15, 0.2) is 11.5 Å². The summed E-state index contributed by atoms with van der Waals surface area (Å²) in [6.45, 7) is 15.8. The second-order valence-electron chi connectivity index (χ2n) is 11.0. The summed E-state index contributed by atoms with van der Waals surface area (Å²) >= 11 is 1.68. The molecule has 0 fully saturated rings. The van der Waals surface area contributed by atoms with Crippen molar-refractivity contribution in [2.24, 2.45) is 23.2 Å². The Morgan fingerprint density at radius 2 is 1.79 bits per heavy atom. The van der Waals surface area contributed by atoms with Crippen LogP contribution < -0.4 is 0 Å². The van der Waals surface area contributed by atoms with Gasteiger partial charge in [-0.3, -0.25) is 9.59 Å². The number of aliphatic hydroxyl groups excluding tert-OH is 1. The minimum absolute atomic E-state index is 0.0182. The minimum Gasteiger partial charge on any atom is -0.461 e. The van der Waals surface area contributed by atoms with Crippen LogP contribution in [0.5, 0.6) is 0 Å². The van der Waals surface area contributed by atoms with Crippen LogP contribution in [-0.4, -0.2) is 54.1 Å². The molecule has 1 aromatic heterocycles. The number of thiazole rings is 1. The van der Waals surface area contributed by atoms with Gasteiger partial charge >= 0.3 is 5.97 Å². The first kappa shape index (κ1) is 37.1. The molecule has 0 spiro atoms. The lowest BCUT2D eigenvalue weighted by Gasteiger charge is -2.35. The van der Waals surface area contributed by atoms with E-state index in [0.717, 1.165) is 49.4 Å². The van der Waals surface area contributed by atoms with Gasteiger partial charge in [0, 0.05) is 31.9 Å². The molecule has 0 amide bonds. The molecule has 0 aliphatic rings. The van der Waals surface area contributed by atoms with Crippen molar-refractivity contribution in [1.82, 2.24) is 4.98 Å². The largest absolute Gasteiger partial charge is 0.461 e. The van der Waals surface area contributed by atoms with Crippen molar-refractivity contribution in [3.8, 4) is 0 Å². The fourth-order valence-electron chi connectivity index (χ4n) is 4.53. The number of carbonyl (C=O) groups excluding carboxylic acids is 3. The number of aromatic nitrogens is 1. The van der Waals surface area contributed by atoms with Crippen molar-refractivity contribution >= 4 is 35.5 Å². The number of nitrogens with zero attached hydrogens (tertiary/aromatic N) is 1. The van der Waals surface area contributed by atoms with E-state index in [1.807, 2.05) is 32.9 Å². The highest BCUT2D eigenvalue weighted by molar-refractivity contribution is 7.09. The molecule has 0 bridgehead atoms. The van der Waals surface area contributed by atoms with E-state index in [9.17, 15) is 19.5 Å². The molecule has 0 aromatic carbocycles. The van der Waals surface area contributed by atoms with Gasteiger partial charge in [0.2, 0.25) is 0 Å². The fourth-order valence-corrected chi connectivity index (χ4v) is 5.11. The Bertz CT molecular complexity index is 865. The summed E-state index contributed by atoms with van der Waals surface area (Å²) in [5.74, 6) is -0.466. The molecule has 0 aliphatic heterocycles. The maximum atomic E-state index is 13.1. The molecule has 1 aromatic rings. The number of rotatable bonds is 18. The van der Waals surface area contributed by atoms with Crippen LogP contribution >= 0.6 is 11.3 Å². The Labute approximate surface area is 240 Å². The lowest BCUT2D eigenvalue weighted by atomic mass is 9.73. The standard InChI is InChI=1S/C24H44O6.C7H9NS/c1-8-21(27)30-22(18(3)13-9-11-17(2)12-10-16-29-7)19(4)23(28)24(5,6)20(26)14-15-25;1-3-4-7-5-9-6(2)8-7/h15,17-20,22,26H,8-14,16H2,1-7H3;3-5H,1-2H3/b;4-3-/t17?,18?,19?,20?,22-;/m0./s1. The SMILES string of the molecule is C/C=C\c1csc(C)n1.CCC(=O)O[C@@H](C(C)CCCC(C)CCCOC)C(C)C(=O)C(C)(C)C(O)CC=O. The first-order valence-corrected chi connectivity index (χ1v) is 15.1. The zero-order valence-corrected chi connectivity index (χ0v) is 26.5. The molecule has 39 heavy (non-hydrogen) atoms. The summed E-state index contributed by atoms with van der Waals surface area (Å²) in [5, 5.41) is 13.4.